The fourth-order valence-electron chi connectivity index (χ4n) is 1.03. The van der Waals surface area contributed by atoms with Gasteiger partial charge in [-0.15, -0.1) is 11.6 Å². The maximum absolute atomic E-state index is 6.19. The molecular weight excluding hydrogens is 186 g/mol. The van der Waals surface area contributed by atoms with Crippen LogP contribution in [-0.2, 0) is 0 Å². The molecule has 1 unspecified atom stereocenters. The van der Waals surface area contributed by atoms with Crippen LogP contribution in [0.3, 0.4) is 0 Å². The summed E-state index contributed by atoms with van der Waals surface area (Å²) in [4.78, 5) is 0. The third-order valence-corrected chi connectivity index (χ3v) is 6.81. The van der Waals surface area contributed by atoms with Gasteiger partial charge in [-0.2, -0.15) is 0 Å². The van der Waals surface area contributed by atoms with Crippen molar-refractivity contribution in [1.82, 2.24) is 0 Å². The van der Waals surface area contributed by atoms with E-state index in [9.17, 15) is 0 Å². The molecule has 0 amide bonds. The van der Waals surface area contributed by atoms with Crippen LogP contribution in [0.5, 0.6) is 0 Å². The van der Waals surface area contributed by atoms with Gasteiger partial charge in [0.05, 0.1) is 0 Å². The zero-order valence-electron chi connectivity index (χ0n) is 7.42. The number of hydrogen-bond acceptors (Lipinski definition) is 1. The average Bonchev–Trinajstić information content (AvgIpc) is 2.06. The Morgan fingerprint density at radius 3 is 2.25 bits per heavy atom. The lowest BCUT2D eigenvalue weighted by Crippen LogP contribution is -2.60. The SMILES string of the molecule is C[C@@H](Cl)[Si](C)(N)c1ccccc1. The lowest BCUT2D eigenvalue weighted by atomic mass is 10.4. The van der Waals surface area contributed by atoms with E-state index in [1.807, 2.05) is 25.1 Å². The van der Waals surface area contributed by atoms with Crippen molar-refractivity contribution in [1.29, 1.82) is 0 Å². The van der Waals surface area contributed by atoms with E-state index in [2.05, 4.69) is 18.7 Å². The lowest BCUT2D eigenvalue weighted by molar-refractivity contribution is 1.27. The summed E-state index contributed by atoms with van der Waals surface area (Å²) in [7, 11) is -1.89. The minimum atomic E-state index is -1.89. The van der Waals surface area contributed by atoms with Crippen molar-refractivity contribution < 1.29 is 0 Å². The van der Waals surface area contributed by atoms with Crippen molar-refractivity contribution in [3.05, 3.63) is 30.3 Å². The first-order valence-corrected chi connectivity index (χ1v) is 7.12. The van der Waals surface area contributed by atoms with Gasteiger partial charge in [-0.1, -0.05) is 36.9 Å². The molecule has 0 aliphatic carbocycles. The molecule has 0 saturated carbocycles. The summed E-state index contributed by atoms with van der Waals surface area (Å²) in [6.07, 6.45) is 0. The molecule has 2 N–H and O–H groups in total. The fourth-order valence-corrected chi connectivity index (χ4v) is 2.77. The summed E-state index contributed by atoms with van der Waals surface area (Å²) in [5, 5.41) is 7.47. The molecule has 1 aromatic rings. The summed E-state index contributed by atoms with van der Waals surface area (Å²) in [5.74, 6) is 0. The number of nitrogens with two attached hydrogens (primary N) is 1. The molecule has 12 heavy (non-hydrogen) atoms. The Labute approximate surface area is 79.6 Å². The zero-order chi connectivity index (χ0) is 9.19. The van der Waals surface area contributed by atoms with Crippen molar-refractivity contribution >= 4 is 25.0 Å². The minimum absolute atomic E-state index is 0.0694. The van der Waals surface area contributed by atoms with Gasteiger partial charge < -0.3 is 5.40 Å². The van der Waals surface area contributed by atoms with Crippen LogP contribution in [0.1, 0.15) is 6.92 Å². The summed E-state index contributed by atoms with van der Waals surface area (Å²) < 4.78 is 0. The van der Waals surface area contributed by atoms with E-state index in [0.29, 0.717) is 0 Å². The van der Waals surface area contributed by atoms with Gasteiger partial charge in [0, 0.05) is 5.00 Å². The van der Waals surface area contributed by atoms with Gasteiger partial charge >= 0.3 is 0 Å². The van der Waals surface area contributed by atoms with Crippen LogP contribution in [-0.4, -0.2) is 13.2 Å². The topological polar surface area (TPSA) is 26.0 Å². The van der Waals surface area contributed by atoms with Gasteiger partial charge in [0.2, 0.25) is 0 Å². The third kappa shape index (κ3) is 1.89. The standard InChI is InChI=1S/C9H14ClNSi/c1-8(10)12(2,11)9-6-4-3-5-7-9/h3-8H,11H2,1-2H3/t8-,12?/m0/s1. The highest BCUT2D eigenvalue weighted by Gasteiger charge is 2.29. The predicted molar refractivity (Wildman–Crippen MR) is 57.2 cm³/mol. The van der Waals surface area contributed by atoms with Crippen molar-refractivity contribution in [2.45, 2.75) is 18.5 Å². The van der Waals surface area contributed by atoms with Crippen LogP contribution in [0, 0.1) is 0 Å². The maximum atomic E-state index is 6.19. The summed E-state index contributed by atoms with van der Waals surface area (Å²) in [5.41, 5.74) is 0. The molecule has 3 heteroatoms. The summed E-state index contributed by atoms with van der Waals surface area (Å²) in [6, 6.07) is 10.1. The Balaban J connectivity index is 2.98. The van der Waals surface area contributed by atoms with E-state index in [0.717, 1.165) is 0 Å². The first kappa shape index (κ1) is 9.77. The van der Waals surface area contributed by atoms with Gasteiger partial charge in [-0.05, 0) is 12.1 Å². The van der Waals surface area contributed by atoms with Crippen molar-refractivity contribution in [2.75, 3.05) is 0 Å². The van der Waals surface area contributed by atoms with Gasteiger partial charge in [0.15, 0.2) is 8.24 Å². The van der Waals surface area contributed by atoms with E-state index in [1.165, 1.54) is 5.19 Å². The van der Waals surface area contributed by atoms with Gasteiger partial charge in [0.25, 0.3) is 0 Å². The highest BCUT2D eigenvalue weighted by molar-refractivity contribution is 6.93. The fraction of sp³-hybridized carbons (Fsp3) is 0.333. The molecule has 0 radical (unpaired) electrons. The maximum Gasteiger partial charge on any atom is 0.169 e. The number of hydrogen-bond donors (Lipinski definition) is 1. The monoisotopic (exact) mass is 199 g/mol. The second kappa shape index (κ2) is 3.60. The van der Waals surface area contributed by atoms with Crippen LogP contribution in [0.15, 0.2) is 30.3 Å². The van der Waals surface area contributed by atoms with E-state index in [-0.39, 0.29) is 5.00 Å². The predicted octanol–water partition coefficient (Wildman–Crippen LogP) is 1.59. The van der Waals surface area contributed by atoms with Gasteiger partial charge in [0.1, 0.15) is 0 Å². The Kier molecular flexibility index (Phi) is 2.93. The smallest absolute Gasteiger partial charge is 0.169 e. The van der Waals surface area contributed by atoms with E-state index in [4.69, 9.17) is 17.0 Å². The molecule has 1 rings (SSSR count). The molecule has 2 atom stereocenters. The third-order valence-electron chi connectivity index (χ3n) is 2.22. The quantitative estimate of drug-likeness (QED) is 0.569. The van der Waals surface area contributed by atoms with E-state index < -0.39 is 8.24 Å². The summed E-state index contributed by atoms with van der Waals surface area (Å²) >= 11 is 6.04. The largest absolute Gasteiger partial charge is 0.346 e. The zero-order valence-corrected chi connectivity index (χ0v) is 9.18. The van der Waals surface area contributed by atoms with Crippen molar-refractivity contribution in [3.63, 3.8) is 0 Å². The highest BCUT2D eigenvalue weighted by atomic mass is 35.5. The normalized spacial score (nSPS) is 18.3. The van der Waals surface area contributed by atoms with Crippen LogP contribution < -0.4 is 10.6 Å². The number of halogens is 1. The van der Waals surface area contributed by atoms with Crippen molar-refractivity contribution in [3.8, 4) is 0 Å². The molecule has 0 bridgehead atoms. The number of alkyl halides is 1. The number of rotatable bonds is 2. The molecule has 1 aromatic carbocycles. The van der Waals surface area contributed by atoms with Crippen LogP contribution >= 0.6 is 11.6 Å². The average molecular weight is 200 g/mol. The first-order valence-electron chi connectivity index (χ1n) is 4.03. The number of benzene rings is 1. The van der Waals surface area contributed by atoms with Crippen LogP contribution in [0.2, 0.25) is 6.55 Å². The minimum Gasteiger partial charge on any atom is -0.346 e. The Bertz CT molecular complexity index is 246. The van der Waals surface area contributed by atoms with Crippen LogP contribution in [0.25, 0.3) is 0 Å². The Morgan fingerprint density at radius 1 is 1.33 bits per heavy atom. The summed E-state index contributed by atoms with van der Waals surface area (Å²) in [6.45, 7) is 4.06. The molecule has 66 valence electrons. The molecule has 0 heterocycles. The second-order valence-electron chi connectivity index (χ2n) is 3.26. The molecule has 0 saturated heterocycles. The highest BCUT2D eigenvalue weighted by Crippen LogP contribution is 2.07. The lowest BCUT2D eigenvalue weighted by Gasteiger charge is -2.24. The Morgan fingerprint density at radius 2 is 1.83 bits per heavy atom. The molecule has 0 aliphatic heterocycles. The van der Waals surface area contributed by atoms with E-state index >= 15 is 0 Å². The molecule has 1 nitrogen and oxygen atoms in total. The first-order chi connectivity index (χ1) is 5.55. The molecule has 0 spiro atoms. The molecule has 0 aromatic heterocycles. The molecular formula is C9H14ClNSi. The Hall–Kier alpha value is -0.313. The van der Waals surface area contributed by atoms with Crippen LogP contribution in [0.4, 0.5) is 0 Å². The molecule has 0 aliphatic rings. The van der Waals surface area contributed by atoms with Gasteiger partial charge in [-0.3, -0.25) is 0 Å². The van der Waals surface area contributed by atoms with Gasteiger partial charge in [-0.25, -0.2) is 0 Å². The van der Waals surface area contributed by atoms with Crippen molar-refractivity contribution in [2.24, 2.45) is 5.40 Å². The molecule has 0 fully saturated rings. The van der Waals surface area contributed by atoms with E-state index in [1.54, 1.807) is 0 Å². The second-order valence-corrected chi connectivity index (χ2v) is 8.29.